The van der Waals surface area contributed by atoms with E-state index in [1.54, 1.807) is 0 Å². The molecule has 0 aromatic rings. The summed E-state index contributed by atoms with van der Waals surface area (Å²) in [5.41, 5.74) is 5.59. The lowest BCUT2D eigenvalue weighted by atomic mass is 9.95. The summed E-state index contributed by atoms with van der Waals surface area (Å²) >= 11 is 0. The van der Waals surface area contributed by atoms with E-state index in [0.717, 1.165) is 19.4 Å². The molecule has 3 N–H and O–H groups in total. The van der Waals surface area contributed by atoms with Crippen molar-refractivity contribution in [1.82, 2.24) is 5.32 Å². The number of ether oxygens (including phenoxy) is 1. The summed E-state index contributed by atoms with van der Waals surface area (Å²) in [5, 5.41) is 2.94. The van der Waals surface area contributed by atoms with Crippen LogP contribution in [0.1, 0.15) is 33.1 Å². The van der Waals surface area contributed by atoms with E-state index >= 15 is 0 Å². The van der Waals surface area contributed by atoms with E-state index in [-0.39, 0.29) is 23.8 Å². The minimum absolute atomic E-state index is 0.0617. The predicted octanol–water partition coefficient (Wildman–Crippen LogP) is 0.903. The number of nitrogens with two attached hydrogens (primary N) is 1. The van der Waals surface area contributed by atoms with E-state index in [9.17, 15) is 4.79 Å². The molecule has 0 aromatic carbocycles. The van der Waals surface area contributed by atoms with Crippen molar-refractivity contribution in [2.75, 3.05) is 19.7 Å². The second-order valence-electron chi connectivity index (χ2n) is 4.82. The minimum Gasteiger partial charge on any atom is -0.376 e. The van der Waals surface area contributed by atoms with E-state index in [1.807, 2.05) is 13.8 Å². The van der Waals surface area contributed by atoms with Crippen LogP contribution >= 0.6 is 0 Å². The van der Waals surface area contributed by atoms with Crippen molar-refractivity contribution in [3.8, 4) is 0 Å². The third-order valence-electron chi connectivity index (χ3n) is 3.17. The second kappa shape index (κ2) is 6.86. The van der Waals surface area contributed by atoms with Crippen molar-refractivity contribution in [2.24, 2.45) is 17.6 Å². The molecule has 1 rings (SSSR count). The number of amides is 1. The molecule has 16 heavy (non-hydrogen) atoms. The number of rotatable bonds is 5. The zero-order valence-electron chi connectivity index (χ0n) is 10.4. The molecule has 0 bridgehead atoms. The summed E-state index contributed by atoms with van der Waals surface area (Å²) in [7, 11) is 0. The van der Waals surface area contributed by atoms with Crippen LogP contribution in [0, 0.1) is 11.8 Å². The Hall–Kier alpha value is -0.610. The zero-order chi connectivity index (χ0) is 12.0. The third-order valence-corrected chi connectivity index (χ3v) is 3.17. The van der Waals surface area contributed by atoms with Gasteiger partial charge in [0.2, 0.25) is 5.91 Å². The van der Waals surface area contributed by atoms with Gasteiger partial charge in [0.15, 0.2) is 0 Å². The Morgan fingerprint density at radius 3 is 2.75 bits per heavy atom. The number of carbonyl (C=O) groups excluding carboxylic acids is 1. The van der Waals surface area contributed by atoms with Gasteiger partial charge in [-0.1, -0.05) is 13.8 Å². The Morgan fingerprint density at radius 2 is 2.25 bits per heavy atom. The number of nitrogens with one attached hydrogen (secondary N) is 1. The average Bonchev–Trinajstić information content (AvgIpc) is 2.28. The predicted molar refractivity (Wildman–Crippen MR) is 64.0 cm³/mol. The average molecular weight is 228 g/mol. The first-order valence-corrected chi connectivity index (χ1v) is 6.24. The standard InChI is InChI=1S/C12H24N2O2/c1-9(2)11(7-13)12(15)14-8-10-5-3-4-6-16-10/h9-11H,3-8,13H2,1-2H3,(H,14,15). The van der Waals surface area contributed by atoms with Crippen molar-refractivity contribution in [2.45, 2.75) is 39.2 Å². The molecule has 0 saturated carbocycles. The van der Waals surface area contributed by atoms with E-state index in [2.05, 4.69) is 5.32 Å². The summed E-state index contributed by atoms with van der Waals surface area (Å²) in [6.07, 6.45) is 3.59. The first-order chi connectivity index (χ1) is 7.65. The monoisotopic (exact) mass is 228 g/mol. The molecule has 2 atom stereocenters. The highest BCUT2D eigenvalue weighted by Crippen LogP contribution is 2.13. The van der Waals surface area contributed by atoms with E-state index in [0.29, 0.717) is 13.1 Å². The molecular weight excluding hydrogens is 204 g/mol. The van der Waals surface area contributed by atoms with Gasteiger partial charge in [0.05, 0.1) is 12.0 Å². The fourth-order valence-electron chi connectivity index (χ4n) is 2.00. The van der Waals surface area contributed by atoms with Crippen LogP contribution in [0.2, 0.25) is 0 Å². The molecule has 4 nitrogen and oxygen atoms in total. The molecular formula is C12H24N2O2. The van der Waals surface area contributed by atoms with Crippen molar-refractivity contribution in [3.63, 3.8) is 0 Å². The quantitative estimate of drug-likeness (QED) is 0.735. The van der Waals surface area contributed by atoms with Gasteiger partial charge in [-0.25, -0.2) is 0 Å². The van der Waals surface area contributed by atoms with Crippen LogP contribution in [-0.2, 0) is 9.53 Å². The molecule has 1 saturated heterocycles. The van der Waals surface area contributed by atoms with Gasteiger partial charge in [-0.05, 0) is 25.2 Å². The molecule has 1 aliphatic rings. The van der Waals surface area contributed by atoms with Crippen molar-refractivity contribution in [3.05, 3.63) is 0 Å². The van der Waals surface area contributed by atoms with Crippen molar-refractivity contribution >= 4 is 5.91 Å². The Kier molecular flexibility index (Phi) is 5.77. The lowest BCUT2D eigenvalue weighted by Gasteiger charge is -2.24. The first kappa shape index (κ1) is 13.5. The molecule has 1 amide bonds. The first-order valence-electron chi connectivity index (χ1n) is 6.24. The summed E-state index contributed by atoms with van der Waals surface area (Å²) in [6, 6.07) is 0. The summed E-state index contributed by atoms with van der Waals surface area (Å²) in [4.78, 5) is 11.8. The molecule has 2 unspecified atom stereocenters. The third kappa shape index (κ3) is 4.10. The molecule has 1 heterocycles. The van der Waals surface area contributed by atoms with Crippen LogP contribution < -0.4 is 11.1 Å². The van der Waals surface area contributed by atoms with E-state index in [1.165, 1.54) is 6.42 Å². The number of carbonyl (C=O) groups is 1. The minimum atomic E-state index is -0.0800. The SMILES string of the molecule is CC(C)C(CN)C(=O)NCC1CCCCO1. The van der Waals surface area contributed by atoms with Crippen molar-refractivity contribution < 1.29 is 9.53 Å². The molecule has 1 aliphatic heterocycles. The largest absolute Gasteiger partial charge is 0.376 e. The van der Waals surface area contributed by atoms with E-state index < -0.39 is 0 Å². The number of hydrogen-bond acceptors (Lipinski definition) is 3. The van der Waals surface area contributed by atoms with Gasteiger partial charge in [0, 0.05) is 19.7 Å². The smallest absolute Gasteiger partial charge is 0.224 e. The van der Waals surface area contributed by atoms with Crippen LogP contribution in [0.25, 0.3) is 0 Å². The second-order valence-corrected chi connectivity index (χ2v) is 4.82. The fraction of sp³-hybridized carbons (Fsp3) is 0.917. The highest BCUT2D eigenvalue weighted by atomic mass is 16.5. The van der Waals surface area contributed by atoms with Crippen LogP contribution in [-0.4, -0.2) is 31.7 Å². The Balaban J connectivity index is 2.27. The maximum absolute atomic E-state index is 11.8. The van der Waals surface area contributed by atoms with Crippen LogP contribution in [0.15, 0.2) is 0 Å². The Morgan fingerprint density at radius 1 is 1.50 bits per heavy atom. The van der Waals surface area contributed by atoms with Gasteiger partial charge in [-0.2, -0.15) is 0 Å². The molecule has 0 spiro atoms. The van der Waals surface area contributed by atoms with Gasteiger partial charge >= 0.3 is 0 Å². The maximum atomic E-state index is 11.8. The van der Waals surface area contributed by atoms with Gasteiger partial charge in [0.1, 0.15) is 0 Å². The van der Waals surface area contributed by atoms with Crippen LogP contribution in [0.3, 0.4) is 0 Å². The summed E-state index contributed by atoms with van der Waals surface area (Å²) in [6.45, 7) is 5.91. The Bertz CT molecular complexity index is 213. The number of hydrogen-bond donors (Lipinski definition) is 2. The van der Waals surface area contributed by atoms with Gasteiger partial charge < -0.3 is 15.8 Å². The van der Waals surface area contributed by atoms with Gasteiger partial charge in [0.25, 0.3) is 0 Å². The normalized spacial score (nSPS) is 23.1. The maximum Gasteiger partial charge on any atom is 0.224 e. The molecule has 4 heteroatoms. The highest BCUT2D eigenvalue weighted by Gasteiger charge is 2.22. The molecule has 0 radical (unpaired) electrons. The lowest BCUT2D eigenvalue weighted by molar-refractivity contribution is -0.126. The fourth-order valence-corrected chi connectivity index (χ4v) is 2.00. The topological polar surface area (TPSA) is 64.4 Å². The molecule has 0 aromatic heterocycles. The summed E-state index contributed by atoms with van der Waals surface area (Å²) in [5.74, 6) is 0.271. The lowest BCUT2D eigenvalue weighted by Crippen LogP contribution is -2.42. The van der Waals surface area contributed by atoms with Gasteiger partial charge in [-0.3, -0.25) is 4.79 Å². The molecule has 94 valence electrons. The Labute approximate surface area is 97.9 Å². The summed E-state index contributed by atoms with van der Waals surface area (Å²) < 4.78 is 5.56. The van der Waals surface area contributed by atoms with Crippen molar-refractivity contribution in [1.29, 1.82) is 0 Å². The highest BCUT2D eigenvalue weighted by molar-refractivity contribution is 5.79. The van der Waals surface area contributed by atoms with E-state index in [4.69, 9.17) is 10.5 Å². The molecule has 0 aliphatic carbocycles. The van der Waals surface area contributed by atoms with Crippen LogP contribution in [0.5, 0.6) is 0 Å². The molecule has 1 fully saturated rings. The zero-order valence-corrected chi connectivity index (χ0v) is 10.4. The van der Waals surface area contributed by atoms with Gasteiger partial charge in [-0.15, -0.1) is 0 Å². The van der Waals surface area contributed by atoms with Crippen LogP contribution in [0.4, 0.5) is 0 Å².